The van der Waals surface area contributed by atoms with Crippen LogP contribution >= 0.6 is 0 Å². The molecule has 25 heavy (non-hydrogen) atoms. The first-order valence-electron chi connectivity index (χ1n) is 7.94. The summed E-state index contributed by atoms with van der Waals surface area (Å²) >= 11 is 0. The molecule has 2 heterocycles. The standard InChI is InChI=1S/C18H16N4O3/c1-11(17-20-12-6-2-3-7-13(12)21-17)19-16(23)10-22-14-8-4-5-9-15(14)25-18(22)24/h2-9,11H,10H2,1H3,(H,19,23)(H,20,21). The van der Waals surface area contributed by atoms with Crippen molar-refractivity contribution in [3.63, 3.8) is 0 Å². The Morgan fingerprint density at radius 1 is 1.24 bits per heavy atom. The fraction of sp³-hybridized carbons (Fsp3) is 0.167. The number of carbonyl (C=O) groups is 1. The van der Waals surface area contributed by atoms with Gasteiger partial charge in [0.1, 0.15) is 12.4 Å². The monoisotopic (exact) mass is 336 g/mol. The Bertz CT molecular complexity index is 1090. The van der Waals surface area contributed by atoms with Crippen molar-refractivity contribution >= 4 is 28.0 Å². The van der Waals surface area contributed by atoms with Crippen LogP contribution < -0.4 is 11.1 Å². The number of carbonyl (C=O) groups excluding carboxylic acids is 1. The van der Waals surface area contributed by atoms with E-state index in [1.807, 2.05) is 31.2 Å². The van der Waals surface area contributed by atoms with E-state index >= 15 is 0 Å². The highest BCUT2D eigenvalue weighted by atomic mass is 16.4. The second-order valence-electron chi connectivity index (χ2n) is 5.85. The number of nitrogens with zero attached hydrogens (tertiary/aromatic N) is 2. The second kappa shape index (κ2) is 5.94. The van der Waals surface area contributed by atoms with Crippen molar-refractivity contribution in [3.05, 3.63) is 64.9 Å². The van der Waals surface area contributed by atoms with Crippen LogP contribution in [0.25, 0.3) is 22.1 Å². The first-order chi connectivity index (χ1) is 12.1. The van der Waals surface area contributed by atoms with Gasteiger partial charge in [-0.2, -0.15) is 0 Å². The molecule has 0 fully saturated rings. The van der Waals surface area contributed by atoms with E-state index < -0.39 is 5.76 Å². The largest absolute Gasteiger partial charge is 0.420 e. The number of aromatic nitrogens is 3. The Morgan fingerprint density at radius 2 is 2.00 bits per heavy atom. The Labute approximate surface area is 142 Å². The average Bonchev–Trinajstić information content (AvgIpc) is 3.16. The van der Waals surface area contributed by atoms with E-state index in [9.17, 15) is 9.59 Å². The highest BCUT2D eigenvalue weighted by Gasteiger charge is 2.16. The van der Waals surface area contributed by atoms with Crippen molar-refractivity contribution in [2.24, 2.45) is 0 Å². The third kappa shape index (κ3) is 2.80. The van der Waals surface area contributed by atoms with Crippen LogP contribution in [0, 0.1) is 0 Å². The van der Waals surface area contributed by atoms with Gasteiger partial charge in [-0.05, 0) is 31.2 Å². The van der Waals surface area contributed by atoms with Crippen LogP contribution in [0.2, 0.25) is 0 Å². The maximum absolute atomic E-state index is 12.4. The molecule has 2 aromatic heterocycles. The predicted octanol–water partition coefficient (Wildman–Crippen LogP) is 2.35. The summed E-state index contributed by atoms with van der Waals surface area (Å²) in [6, 6.07) is 14.4. The minimum Gasteiger partial charge on any atom is -0.408 e. The lowest BCUT2D eigenvalue weighted by molar-refractivity contribution is -0.122. The van der Waals surface area contributed by atoms with Crippen LogP contribution in [-0.4, -0.2) is 20.4 Å². The molecule has 0 bridgehead atoms. The van der Waals surface area contributed by atoms with Crippen molar-refractivity contribution < 1.29 is 9.21 Å². The van der Waals surface area contributed by atoms with Gasteiger partial charge in [0.15, 0.2) is 5.58 Å². The molecule has 2 N–H and O–H groups in total. The topological polar surface area (TPSA) is 92.9 Å². The fourth-order valence-electron chi connectivity index (χ4n) is 2.84. The molecule has 4 aromatic rings. The van der Waals surface area contributed by atoms with E-state index in [0.717, 1.165) is 11.0 Å². The molecule has 0 aliphatic rings. The predicted molar refractivity (Wildman–Crippen MR) is 93.1 cm³/mol. The number of imidazole rings is 1. The minimum absolute atomic E-state index is 0.111. The summed E-state index contributed by atoms with van der Waals surface area (Å²) in [5.41, 5.74) is 2.82. The molecule has 2 aromatic carbocycles. The number of H-pyrrole nitrogens is 1. The number of aromatic amines is 1. The summed E-state index contributed by atoms with van der Waals surface area (Å²) in [7, 11) is 0. The van der Waals surface area contributed by atoms with E-state index in [0.29, 0.717) is 16.9 Å². The summed E-state index contributed by atoms with van der Waals surface area (Å²) in [4.78, 5) is 32.0. The van der Waals surface area contributed by atoms with E-state index in [1.54, 1.807) is 24.3 Å². The molecule has 0 aliphatic carbocycles. The van der Waals surface area contributed by atoms with Gasteiger partial charge in [-0.15, -0.1) is 0 Å². The lowest BCUT2D eigenvalue weighted by Gasteiger charge is -2.11. The van der Waals surface area contributed by atoms with Crippen LogP contribution in [0.4, 0.5) is 0 Å². The first kappa shape index (κ1) is 15.2. The van der Waals surface area contributed by atoms with E-state index in [-0.39, 0.29) is 18.5 Å². The van der Waals surface area contributed by atoms with Gasteiger partial charge < -0.3 is 14.7 Å². The third-order valence-electron chi connectivity index (χ3n) is 4.07. The quantitative estimate of drug-likeness (QED) is 0.598. The molecule has 0 spiro atoms. The Hall–Kier alpha value is -3.35. The molecule has 1 amide bonds. The van der Waals surface area contributed by atoms with Gasteiger partial charge in [0.2, 0.25) is 5.91 Å². The number of para-hydroxylation sites is 4. The normalized spacial score (nSPS) is 12.5. The molecule has 0 aliphatic heterocycles. The maximum Gasteiger partial charge on any atom is 0.420 e. The molecule has 7 nitrogen and oxygen atoms in total. The number of oxazole rings is 1. The number of benzene rings is 2. The van der Waals surface area contributed by atoms with Gasteiger partial charge >= 0.3 is 5.76 Å². The van der Waals surface area contributed by atoms with Crippen molar-refractivity contribution in [1.82, 2.24) is 19.9 Å². The Kier molecular flexibility index (Phi) is 3.61. The average molecular weight is 336 g/mol. The number of hydrogen-bond donors (Lipinski definition) is 2. The van der Waals surface area contributed by atoms with Crippen molar-refractivity contribution in [1.29, 1.82) is 0 Å². The third-order valence-corrected chi connectivity index (χ3v) is 4.07. The molecule has 0 saturated heterocycles. The molecule has 1 unspecified atom stereocenters. The van der Waals surface area contributed by atoms with Gasteiger partial charge in [0.05, 0.1) is 22.6 Å². The Balaban J connectivity index is 1.53. The molecular weight excluding hydrogens is 320 g/mol. The zero-order valence-electron chi connectivity index (χ0n) is 13.5. The first-order valence-corrected chi connectivity index (χ1v) is 7.94. The summed E-state index contributed by atoms with van der Waals surface area (Å²) in [5, 5.41) is 2.85. The number of rotatable bonds is 4. The van der Waals surface area contributed by atoms with Crippen LogP contribution in [0.5, 0.6) is 0 Å². The molecule has 7 heteroatoms. The maximum atomic E-state index is 12.4. The summed E-state index contributed by atoms with van der Waals surface area (Å²) < 4.78 is 6.45. The van der Waals surface area contributed by atoms with E-state index in [4.69, 9.17) is 4.42 Å². The summed E-state index contributed by atoms with van der Waals surface area (Å²) in [5.74, 6) is -0.173. The van der Waals surface area contributed by atoms with Crippen LogP contribution in [0.3, 0.4) is 0 Å². The minimum atomic E-state index is -0.548. The molecule has 0 saturated carbocycles. The molecule has 0 radical (unpaired) electrons. The van der Waals surface area contributed by atoms with Crippen molar-refractivity contribution in [3.8, 4) is 0 Å². The number of nitrogens with one attached hydrogen (secondary N) is 2. The van der Waals surface area contributed by atoms with E-state index in [1.165, 1.54) is 4.57 Å². The number of amides is 1. The molecule has 1 atom stereocenters. The summed E-state index contributed by atoms with van der Waals surface area (Å²) in [6.45, 7) is 1.73. The smallest absolute Gasteiger partial charge is 0.408 e. The second-order valence-corrected chi connectivity index (χ2v) is 5.85. The van der Waals surface area contributed by atoms with Crippen LogP contribution in [-0.2, 0) is 11.3 Å². The Morgan fingerprint density at radius 3 is 2.84 bits per heavy atom. The molecule has 4 rings (SSSR count). The fourth-order valence-corrected chi connectivity index (χ4v) is 2.84. The zero-order valence-corrected chi connectivity index (χ0v) is 13.5. The lowest BCUT2D eigenvalue weighted by Crippen LogP contribution is -2.33. The van der Waals surface area contributed by atoms with Crippen molar-refractivity contribution in [2.45, 2.75) is 19.5 Å². The number of hydrogen-bond acceptors (Lipinski definition) is 4. The van der Waals surface area contributed by atoms with Gasteiger partial charge in [0, 0.05) is 0 Å². The molecule has 126 valence electrons. The van der Waals surface area contributed by atoms with Crippen LogP contribution in [0.15, 0.2) is 57.7 Å². The van der Waals surface area contributed by atoms with Crippen molar-refractivity contribution in [2.75, 3.05) is 0 Å². The highest BCUT2D eigenvalue weighted by molar-refractivity contribution is 5.80. The van der Waals surface area contributed by atoms with E-state index in [2.05, 4.69) is 15.3 Å². The zero-order chi connectivity index (χ0) is 17.4. The van der Waals surface area contributed by atoms with Gasteiger partial charge in [-0.1, -0.05) is 24.3 Å². The highest BCUT2D eigenvalue weighted by Crippen LogP contribution is 2.16. The van der Waals surface area contributed by atoms with Crippen LogP contribution in [0.1, 0.15) is 18.8 Å². The van der Waals surface area contributed by atoms with Gasteiger partial charge in [0.25, 0.3) is 0 Å². The molecular formula is C18H16N4O3. The lowest BCUT2D eigenvalue weighted by atomic mass is 10.3. The number of fused-ring (bicyclic) bond motifs is 2. The summed E-state index contributed by atoms with van der Waals surface area (Å²) in [6.07, 6.45) is 0. The SMILES string of the molecule is CC(NC(=O)Cn1c(=O)oc2ccccc21)c1nc2ccccc2[nH]1. The van der Waals surface area contributed by atoms with Gasteiger partial charge in [-0.3, -0.25) is 9.36 Å². The van der Waals surface area contributed by atoms with Gasteiger partial charge in [-0.25, -0.2) is 9.78 Å².